The Labute approximate surface area is 114 Å². The number of carbonyl (C=O) groups excluding carboxylic acids is 1. The van der Waals surface area contributed by atoms with Crippen LogP contribution in [0, 0.1) is 0 Å². The lowest BCUT2D eigenvalue weighted by molar-refractivity contribution is -0.0536. The van der Waals surface area contributed by atoms with Crippen LogP contribution in [0.2, 0.25) is 0 Å². The highest BCUT2D eigenvalue weighted by atomic mass is 16.6. The standard InChI is InChI=1S/C15H21NO3/c1-11-13(18-12-8-6-5-7-9-12)10-16(11)14(17)19-15(2,3)4/h5-9,11,13H,10H2,1-4H3/t11-,13+/m1/s1. The molecular formula is C15H21NO3. The molecule has 4 nitrogen and oxygen atoms in total. The third kappa shape index (κ3) is 3.40. The van der Waals surface area contributed by atoms with Gasteiger partial charge in [-0.3, -0.25) is 4.90 Å². The molecule has 1 heterocycles. The number of amides is 1. The number of ether oxygens (including phenoxy) is 2. The molecular weight excluding hydrogens is 242 g/mol. The summed E-state index contributed by atoms with van der Waals surface area (Å²) in [7, 11) is 0. The van der Waals surface area contributed by atoms with E-state index in [0.29, 0.717) is 6.54 Å². The molecule has 0 spiro atoms. The zero-order valence-corrected chi connectivity index (χ0v) is 11.9. The van der Waals surface area contributed by atoms with Crippen LogP contribution >= 0.6 is 0 Å². The number of para-hydroxylation sites is 1. The maximum absolute atomic E-state index is 11.9. The topological polar surface area (TPSA) is 38.8 Å². The zero-order chi connectivity index (χ0) is 14.0. The minimum atomic E-state index is -0.456. The van der Waals surface area contributed by atoms with Crippen LogP contribution in [0.25, 0.3) is 0 Å². The molecule has 1 aliphatic heterocycles. The summed E-state index contributed by atoms with van der Waals surface area (Å²) in [5.41, 5.74) is -0.456. The fourth-order valence-electron chi connectivity index (χ4n) is 1.95. The SMILES string of the molecule is C[C@@H]1[C@@H](Oc2ccccc2)CN1C(=O)OC(C)(C)C. The largest absolute Gasteiger partial charge is 0.486 e. The van der Waals surface area contributed by atoms with Gasteiger partial charge in [-0.2, -0.15) is 0 Å². The van der Waals surface area contributed by atoms with Gasteiger partial charge in [-0.05, 0) is 39.8 Å². The first kappa shape index (κ1) is 13.7. The van der Waals surface area contributed by atoms with Gasteiger partial charge in [0, 0.05) is 0 Å². The van der Waals surface area contributed by atoms with Crippen LogP contribution in [0.1, 0.15) is 27.7 Å². The monoisotopic (exact) mass is 263 g/mol. The van der Waals surface area contributed by atoms with E-state index in [1.165, 1.54) is 0 Å². The quantitative estimate of drug-likeness (QED) is 0.823. The van der Waals surface area contributed by atoms with E-state index in [-0.39, 0.29) is 18.2 Å². The number of carbonyl (C=O) groups is 1. The molecule has 1 aromatic rings. The minimum Gasteiger partial charge on any atom is -0.486 e. The third-order valence-corrected chi connectivity index (χ3v) is 3.06. The van der Waals surface area contributed by atoms with Crippen molar-refractivity contribution in [1.29, 1.82) is 0 Å². The summed E-state index contributed by atoms with van der Waals surface area (Å²) in [5.74, 6) is 0.836. The lowest BCUT2D eigenvalue weighted by Crippen LogP contribution is -2.63. The normalized spacial score (nSPS) is 22.6. The molecule has 1 amide bonds. The highest BCUT2D eigenvalue weighted by molar-refractivity contribution is 5.70. The van der Waals surface area contributed by atoms with E-state index < -0.39 is 5.60 Å². The molecule has 0 saturated carbocycles. The fourth-order valence-corrected chi connectivity index (χ4v) is 1.95. The first-order valence-corrected chi connectivity index (χ1v) is 6.58. The number of hydrogen-bond acceptors (Lipinski definition) is 3. The Morgan fingerprint density at radius 1 is 1.26 bits per heavy atom. The second kappa shape index (κ2) is 5.11. The number of hydrogen-bond donors (Lipinski definition) is 0. The molecule has 1 aliphatic rings. The third-order valence-electron chi connectivity index (χ3n) is 3.06. The smallest absolute Gasteiger partial charge is 0.410 e. The molecule has 0 N–H and O–H groups in total. The van der Waals surface area contributed by atoms with E-state index in [1.807, 2.05) is 58.0 Å². The van der Waals surface area contributed by atoms with Crippen molar-refractivity contribution in [3.8, 4) is 5.75 Å². The van der Waals surface area contributed by atoms with Gasteiger partial charge in [0.1, 0.15) is 17.5 Å². The van der Waals surface area contributed by atoms with Gasteiger partial charge in [0.05, 0.1) is 12.6 Å². The molecule has 0 radical (unpaired) electrons. The molecule has 1 fully saturated rings. The fraction of sp³-hybridized carbons (Fsp3) is 0.533. The van der Waals surface area contributed by atoms with Gasteiger partial charge in [0.15, 0.2) is 0 Å². The molecule has 19 heavy (non-hydrogen) atoms. The van der Waals surface area contributed by atoms with Crippen molar-refractivity contribution in [2.45, 2.75) is 45.4 Å². The number of benzene rings is 1. The Morgan fingerprint density at radius 3 is 2.42 bits per heavy atom. The molecule has 0 aromatic heterocycles. The van der Waals surface area contributed by atoms with Gasteiger partial charge in [-0.25, -0.2) is 4.79 Å². The van der Waals surface area contributed by atoms with Gasteiger partial charge in [0.25, 0.3) is 0 Å². The molecule has 0 bridgehead atoms. The second-order valence-electron chi connectivity index (χ2n) is 5.84. The van der Waals surface area contributed by atoms with Crippen molar-refractivity contribution in [1.82, 2.24) is 4.90 Å². The maximum Gasteiger partial charge on any atom is 0.410 e. The van der Waals surface area contributed by atoms with E-state index in [2.05, 4.69) is 0 Å². The lowest BCUT2D eigenvalue weighted by Gasteiger charge is -2.45. The van der Waals surface area contributed by atoms with Crippen LogP contribution in [0.4, 0.5) is 4.79 Å². The van der Waals surface area contributed by atoms with Crippen LogP contribution in [0.3, 0.4) is 0 Å². The van der Waals surface area contributed by atoms with Crippen LogP contribution in [0.15, 0.2) is 30.3 Å². The molecule has 104 valence electrons. The summed E-state index contributed by atoms with van der Waals surface area (Å²) >= 11 is 0. The lowest BCUT2D eigenvalue weighted by atomic mass is 10.0. The Bertz CT molecular complexity index is 438. The molecule has 2 atom stereocenters. The average Bonchev–Trinajstić information content (AvgIpc) is 2.32. The number of likely N-dealkylation sites (tertiary alicyclic amines) is 1. The van der Waals surface area contributed by atoms with Crippen molar-refractivity contribution in [3.63, 3.8) is 0 Å². The summed E-state index contributed by atoms with van der Waals surface area (Å²) in [6.07, 6.45) is -0.233. The summed E-state index contributed by atoms with van der Waals surface area (Å²) in [6.45, 7) is 8.15. The predicted molar refractivity (Wildman–Crippen MR) is 73.3 cm³/mol. The predicted octanol–water partition coefficient (Wildman–Crippen LogP) is 3.07. The van der Waals surface area contributed by atoms with Gasteiger partial charge in [0.2, 0.25) is 0 Å². The van der Waals surface area contributed by atoms with E-state index in [0.717, 1.165) is 5.75 Å². The second-order valence-corrected chi connectivity index (χ2v) is 5.84. The molecule has 1 aromatic carbocycles. The van der Waals surface area contributed by atoms with E-state index >= 15 is 0 Å². The van der Waals surface area contributed by atoms with Crippen molar-refractivity contribution >= 4 is 6.09 Å². The van der Waals surface area contributed by atoms with Gasteiger partial charge >= 0.3 is 6.09 Å². The van der Waals surface area contributed by atoms with Crippen molar-refractivity contribution in [3.05, 3.63) is 30.3 Å². The van der Waals surface area contributed by atoms with Crippen LogP contribution in [0.5, 0.6) is 5.75 Å². The Morgan fingerprint density at radius 2 is 1.89 bits per heavy atom. The molecule has 2 rings (SSSR count). The Hall–Kier alpha value is -1.71. The van der Waals surface area contributed by atoms with Gasteiger partial charge in [-0.15, -0.1) is 0 Å². The van der Waals surface area contributed by atoms with Gasteiger partial charge in [-0.1, -0.05) is 18.2 Å². The first-order chi connectivity index (χ1) is 8.87. The minimum absolute atomic E-state index is 0.0370. The van der Waals surface area contributed by atoms with Gasteiger partial charge < -0.3 is 9.47 Å². The van der Waals surface area contributed by atoms with E-state index in [1.54, 1.807) is 4.90 Å². The van der Waals surface area contributed by atoms with Crippen molar-refractivity contribution < 1.29 is 14.3 Å². The Kier molecular flexibility index (Phi) is 3.69. The summed E-state index contributed by atoms with van der Waals surface area (Å²) in [4.78, 5) is 13.6. The van der Waals surface area contributed by atoms with Crippen molar-refractivity contribution in [2.75, 3.05) is 6.54 Å². The number of nitrogens with zero attached hydrogens (tertiary/aromatic N) is 1. The molecule has 0 unspecified atom stereocenters. The van der Waals surface area contributed by atoms with E-state index in [9.17, 15) is 4.79 Å². The summed E-state index contributed by atoms with van der Waals surface area (Å²) < 4.78 is 11.2. The first-order valence-electron chi connectivity index (χ1n) is 6.58. The van der Waals surface area contributed by atoms with E-state index in [4.69, 9.17) is 9.47 Å². The number of rotatable bonds is 2. The molecule has 0 aliphatic carbocycles. The van der Waals surface area contributed by atoms with Crippen LogP contribution < -0.4 is 4.74 Å². The molecule has 4 heteroatoms. The summed E-state index contributed by atoms with van der Waals surface area (Å²) in [6, 6.07) is 9.69. The zero-order valence-electron chi connectivity index (χ0n) is 11.9. The highest BCUT2D eigenvalue weighted by Crippen LogP contribution is 2.25. The van der Waals surface area contributed by atoms with Crippen molar-refractivity contribution in [2.24, 2.45) is 0 Å². The Balaban J connectivity index is 1.86. The average molecular weight is 263 g/mol. The highest BCUT2D eigenvalue weighted by Gasteiger charge is 2.42. The summed E-state index contributed by atoms with van der Waals surface area (Å²) in [5, 5.41) is 0. The van der Waals surface area contributed by atoms with Crippen LogP contribution in [-0.4, -0.2) is 35.3 Å². The molecule has 1 saturated heterocycles. The maximum atomic E-state index is 11.9. The van der Waals surface area contributed by atoms with Crippen LogP contribution in [-0.2, 0) is 4.74 Å².